The summed E-state index contributed by atoms with van der Waals surface area (Å²) in [5, 5.41) is 12.1. The van der Waals surface area contributed by atoms with E-state index in [1.807, 2.05) is 23.2 Å². The fourth-order valence-corrected chi connectivity index (χ4v) is 3.83. The van der Waals surface area contributed by atoms with Gasteiger partial charge in [-0.05, 0) is 41.3 Å². The number of aryl methyl sites for hydroxylation is 1. The molecule has 2 amide bonds. The first-order valence-electron chi connectivity index (χ1n) is 10.0. The van der Waals surface area contributed by atoms with Crippen molar-refractivity contribution in [2.45, 2.75) is 32.2 Å². The van der Waals surface area contributed by atoms with E-state index in [0.717, 1.165) is 24.8 Å². The van der Waals surface area contributed by atoms with Gasteiger partial charge in [-0.2, -0.15) is 0 Å². The average molecular weight is 395 g/mol. The molecule has 1 fully saturated rings. The quantitative estimate of drug-likeness (QED) is 0.677. The number of tetrazole rings is 1. The molecule has 4 rings (SSSR count). The largest absolute Gasteiger partial charge is 0.361 e. The maximum Gasteiger partial charge on any atom is 0.244 e. The molecule has 0 aliphatic carbocycles. The summed E-state index contributed by atoms with van der Waals surface area (Å²) in [5.74, 6) is 0.144. The van der Waals surface area contributed by atoms with Crippen LogP contribution in [0, 0.1) is 0 Å². The standard InChI is InChI=1S/C20H25N7O2/c28-19(8-3-5-16-13-21-18-7-2-1-6-17(16)18)25-9-4-10-26(12-11-25)20(29)14-27-15-22-23-24-27/h1-2,6-7,13,15,21H,3-5,8-12,14H2. The summed E-state index contributed by atoms with van der Waals surface area (Å²) < 4.78 is 1.42. The number of para-hydroxylation sites is 1. The summed E-state index contributed by atoms with van der Waals surface area (Å²) in [6.07, 6.45) is 6.47. The summed E-state index contributed by atoms with van der Waals surface area (Å²) in [6.45, 7) is 2.61. The topological polar surface area (TPSA) is 100 Å². The molecule has 2 aromatic heterocycles. The van der Waals surface area contributed by atoms with E-state index >= 15 is 0 Å². The van der Waals surface area contributed by atoms with Crippen molar-refractivity contribution in [1.29, 1.82) is 0 Å². The first kappa shape index (κ1) is 19.1. The van der Waals surface area contributed by atoms with Crippen LogP contribution in [-0.4, -0.2) is 73.0 Å². The molecule has 1 saturated heterocycles. The zero-order valence-electron chi connectivity index (χ0n) is 16.3. The zero-order valence-corrected chi connectivity index (χ0v) is 16.3. The van der Waals surface area contributed by atoms with Crippen LogP contribution in [0.15, 0.2) is 36.8 Å². The van der Waals surface area contributed by atoms with Crippen molar-refractivity contribution in [3.05, 3.63) is 42.4 Å². The molecular weight excluding hydrogens is 370 g/mol. The molecule has 0 saturated carbocycles. The number of H-pyrrole nitrogens is 1. The molecular formula is C20H25N7O2. The highest BCUT2D eigenvalue weighted by Crippen LogP contribution is 2.19. The Morgan fingerprint density at radius 1 is 1.03 bits per heavy atom. The SMILES string of the molecule is O=C(CCCc1c[nH]c2ccccc12)N1CCCN(C(=O)Cn2cnnn2)CC1. The van der Waals surface area contributed by atoms with Gasteiger partial charge in [0.2, 0.25) is 11.8 Å². The lowest BCUT2D eigenvalue weighted by Crippen LogP contribution is -2.38. The predicted octanol–water partition coefficient (Wildman–Crippen LogP) is 1.24. The second kappa shape index (κ2) is 8.85. The molecule has 0 bridgehead atoms. The van der Waals surface area contributed by atoms with Crippen molar-refractivity contribution in [3.8, 4) is 0 Å². The molecule has 0 spiro atoms. The van der Waals surface area contributed by atoms with E-state index in [2.05, 4.69) is 32.6 Å². The van der Waals surface area contributed by atoms with Crippen LogP contribution in [0.4, 0.5) is 0 Å². The number of nitrogens with one attached hydrogen (secondary N) is 1. The Hall–Kier alpha value is -3.23. The summed E-state index contributed by atoms with van der Waals surface area (Å²) in [5.41, 5.74) is 2.39. The molecule has 1 aromatic carbocycles. The highest BCUT2D eigenvalue weighted by atomic mass is 16.2. The van der Waals surface area contributed by atoms with Gasteiger partial charge in [-0.15, -0.1) is 5.10 Å². The lowest BCUT2D eigenvalue weighted by molar-refractivity contribution is -0.134. The predicted molar refractivity (Wildman–Crippen MR) is 107 cm³/mol. The Balaban J connectivity index is 1.24. The second-order valence-electron chi connectivity index (χ2n) is 7.34. The van der Waals surface area contributed by atoms with Gasteiger partial charge in [0.25, 0.3) is 0 Å². The molecule has 1 N–H and O–H groups in total. The minimum absolute atomic E-state index is 0.0223. The lowest BCUT2D eigenvalue weighted by Gasteiger charge is -2.22. The van der Waals surface area contributed by atoms with Crippen LogP contribution in [0.5, 0.6) is 0 Å². The Labute approximate surface area is 168 Å². The van der Waals surface area contributed by atoms with E-state index in [1.54, 1.807) is 4.90 Å². The highest BCUT2D eigenvalue weighted by molar-refractivity contribution is 5.83. The molecule has 1 aliphatic rings. The van der Waals surface area contributed by atoms with Gasteiger partial charge in [0.1, 0.15) is 12.9 Å². The summed E-state index contributed by atoms with van der Waals surface area (Å²) in [7, 11) is 0. The number of benzene rings is 1. The minimum Gasteiger partial charge on any atom is -0.361 e. The Morgan fingerprint density at radius 3 is 2.62 bits per heavy atom. The number of aromatic amines is 1. The monoisotopic (exact) mass is 395 g/mol. The van der Waals surface area contributed by atoms with E-state index in [1.165, 1.54) is 22.0 Å². The van der Waals surface area contributed by atoms with Crippen LogP contribution in [-0.2, 0) is 22.6 Å². The molecule has 0 unspecified atom stereocenters. The molecule has 29 heavy (non-hydrogen) atoms. The van der Waals surface area contributed by atoms with Crippen LogP contribution >= 0.6 is 0 Å². The lowest BCUT2D eigenvalue weighted by atomic mass is 10.1. The second-order valence-corrected chi connectivity index (χ2v) is 7.34. The van der Waals surface area contributed by atoms with Gasteiger partial charge < -0.3 is 14.8 Å². The highest BCUT2D eigenvalue weighted by Gasteiger charge is 2.22. The van der Waals surface area contributed by atoms with Crippen molar-refractivity contribution in [1.82, 2.24) is 35.0 Å². The Bertz CT molecular complexity index is 966. The van der Waals surface area contributed by atoms with Gasteiger partial charge in [-0.3, -0.25) is 9.59 Å². The minimum atomic E-state index is -0.0223. The van der Waals surface area contributed by atoms with Gasteiger partial charge in [-0.1, -0.05) is 18.2 Å². The number of carbonyl (C=O) groups is 2. The number of fused-ring (bicyclic) bond motifs is 1. The third kappa shape index (κ3) is 4.61. The third-order valence-electron chi connectivity index (χ3n) is 5.40. The van der Waals surface area contributed by atoms with Crippen LogP contribution < -0.4 is 0 Å². The molecule has 0 atom stereocenters. The van der Waals surface area contributed by atoms with E-state index in [9.17, 15) is 9.59 Å². The van der Waals surface area contributed by atoms with E-state index in [0.29, 0.717) is 32.6 Å². The molecule has 3 heterocycles. The molecule has 9 nitrogen and oxygen atoms in total. The van der Waals surface area contributed by atoms with Crippen LogP contribution in [0.2, 0.25) is 0 Å². The van der Waals surface area contributed by atoms with Crippen LogP contribution in [0.3, 0.4) is 0 Å². The number of amides is 2. The Morgan fingerprint density at radius 2 is 1.83 bits per heavy atom. The van der Waals surface area contributed by atoms with Gasteiger partial charge in [0.05, 0.1) is 0 Å². The number of nitrogens with zero attached hydrogens (tertiary/aromatic N) is 6. The number of hydrogen-bond acceptors (Lipinski definition) is 5. The van der Waals surface area contributed by atoms with Crippen molar-refractivity contribution >= 4 is 22.7 Å². The van der Waals surface area contributed by atoms with Crippen LogP contribution in [0.25, 0.3) is 10.9 Å². The fraction of sp³-hybridized carbons (Fsp3) is 0.450. The molecule has 1 aliphatic heterocycles. The zero-order chi connectivity index (χ0) is 20.1. The van der Waals surface area contributed by atoms with Gasteiger partial charge in [0.15, 0.2) is 0 Å². The smallest absolute Gasteiger partial charge is 0.244 e. The fourth-order valence-electron chi connectivity index (χ4n) is 3.83. The normalized spacial score (nSPS) is 14.9. The van der Waals surface area contributed by atoms with Gasteiger partial charge >= 0.3 is 0 Å². The average Bonchev–Trinajstić information content (AvgIpc) is 3.31. The van der Waals surface area contributed by atoms with Gasteiger partial charge in [0, 0.05) is 49.7 Å². The van der Waals surface area contributed by atoms with E-state index in [4.69, 9.17) is 0 Å². The van der Waals surface area contributed by atoms with Gasteiger partial charge in [-0.25, -0.2) is 4.68 Å². The van der Waals surface area contributed by atoms with Crippen LogP contribution in [0.1, 0.15) is 24.8 Å². The summed E-state index contributed by atoms with van der Waals surface area (Å²) >= 11 is 0. The third-order valence-corrected chi connectivity index (χ3v) is 5.40. The summed E-state index contributed by atoms with van der Waals surface area (Å²) in [6, 6.07) is 8.23. The van der Waals surface area contributed by atoms with Crippen molar-refractivity contribution in [2.24, 2.45) is 0 Å². The maximum atomic E-state index is 12.7. The molecule has 9 heteroatoms. The number of rotatable bonds is 6. The summed E-state index contributed by atoms with van der Waals surface area (Å²) in [4.78, 5) is 32.0. The van der Waals surface area contributed by atoms with Crippen molar-refractivity contribution in [2.75, 3.05) is 26.2 Å². The molecule has 152 valence electrons. The Kier molecular flexibility index (Phi) is 5.83. The molecule has 3 aromatic rings. The first-order chi connectivity index (χ1) is 14.2. The first-order valence-corrected chi connectivity index (χ1v) is 10.0. The number of carbonyl (C=O) groups excluding carboxylic acids is 2. The maximum absolute atomic E-state index is 12.7. The van der Waals surface area contributed by atoms with Crippen molar-refractivity contribution in [3.63, 3.8) is 0 Å². The molecule has 0 radical (unpaired) electrons. The van der Waals surface area contributed by atoms with E-state index in [-0.39, 0.29) is 18.4 Å². The van der Waals surface area contributed by atoms with E-state index < -0.39 is 0 Å². The number of hydrogen-bond donors (Lipinski definition) is 1. The van der Waals surface area contributed by atoms with Crippen molar-refractivity contribution < 1.29 is 9.59 Å². The number of aromatic nitrogens is 5.